The highest BCUT2D eigenvalue weighted by Crippen LogP contribution is 2.56. The number of thioether (sulfide) groups is 1. The van der Waals surface area contributed by atoms with Gasteiger partial charge in [-0.05, 0) is 74.5 Å². The van der Waals surface area contributed by atoms with Crippen LogP contribution in [0.25, 0.3) is 0 Å². The summed E-state index contributed by atoms with van der Waals surface area (Å²) in [5.41, 5.74) is 0.253. The number of hydrogen-bond donors (Lipinski definition) is 1. The molecule has 3 heteroatoms. The Bertz CT molecular complexity index is 345. The second kappa shape index (κ2) is 5.48. The van der Waals surface area contributed by atoms with Crippen LogP contribution >= 0.6 is 11.8 Å². The summed E-state index contributed by atoms with van der Waals surface area (Å²) in [5, 5.41) is 3.88. The molecule has 5 unspecified atom stereocenters. The average molecular weight is 295 g/mol. The van der Waals surface area contributed by atoms with Crippen molar-refractivity contribution in [3.8, 4) is 0 Å². The fourth-order valence-electron chi connectivity index (χ4n) is 5.24. The maximum atomic E-state index is 6.23. The van der Waals surface area contributed by atoms with Gasteiger partial charge in [0.05, 0.1) is 5.60 Å². The van der Waals surface area contributed by atoms with Crippen molar-refractivity contribution in [1.29, 1.82) is 0 Å². The van der Waals surface area contributed by atoms with E-state index in [-0.39, 0.29) is 5.60 Å². The maximum Gasteiger partial charge on any atom is 0.0783 e. The number of hydrogen-bond acceptors (Lipinski definition) is 3. The molecule has 2 nitrogen and oxygen atoms in total. The maximum absolute atomic E-state index is 6.23. The van der Waals surface area contributed by atoms with Gasteiger partial charge >= 0.3 is 0 Å². The Morgan fingerprint density at radius 2 is 2.10 bits per heavy atom. The molecule has 0 aromatic rings. The summed E-state index contributed by atoms with van der Waals surface area (Å²) in [6.45, 7) is 4.42. The van der Waals surface area contributed by atoms with Crippen molar-refractivity contribution in [2.75, 3.05) is 24.7 Å². The van der Waals surface area contributed by atoms with Crippen LogP contribution in [0.2, 0.25) is 0 Å². The lowest BCUT2D eigenvalue weighted by Gasteiger charge is -2.43. The molecule has 2 heterocycles. The van der Waals surface area contributed by atoms with Gasteiger partial charge in [0.1, 0.15) is 0 Å². The summed E-state index contributed by atoms with van der Waals surface area (Å²) < 4.78 is 6.23. The smallest absolute Gasteiger partial charge is 0.0783 e. The van der Waals surface area contributed by atoms with Crippen molar-refractivity contribution in [3.63, 3.8) is 0 Å². The predicted molar refractivity (Wildman–Crippen MR) is 85.1 cm³/mol. The molecule has 0 radical (unpaired) electrons. The predicted octanol–water partition coefficient (Wildman–Crippen LogP) is 3.31. The minimum atomic E-state index is 0.253. The molecular weight excluding hydrogens is 266 g/mol. The van der Waals surface area contributed by atoms with Crippen LogP contribution in [0.4, 0.5) is 0 Å². The summed E-state index contributed by atoms with van der Waals surface area (Å²) in [6.07, 6.45) is 8.48. The third-order valence-electron chi connectivity index (χ3n) is 6.33. The van der Waals surface area contributed by atoms with Crippen LogP contribution in [-0.4, -0.2) is 36.3 Å². The molecule has 2 aliphatic heterocycles. The van der Waals surface area contributed by atoms with E-state index in [0.29, 0.717) is 0 Å². The Kier molecular flexibility index (Phi) is 3.81. The minimum Gasteiger partial charge on any atom is -0.374 e. The molecular formula is C17H29NOS. The number of fused-ring (bicyclic) bond motifs is 1. The number of nitrogens with one attached hydrogen (secondary N) is 1. The van der Waals surface area contributed by atoms with Gasteiger partial charge < -0.3 is 10.1 Å². The van der Waals surface area contributed by atoms with Crippen molar-refractivity contribution in [2.24, 2.45) is 23.7 Å². The van der Waals surface area contributed by atoms with Crippen LogP contribution < -0.4 is 5.32 Å². The molecule has 2 saturated heterocycles. The highest BCUT2D eigenvalue weighted by atomic mass is 32.2. The van der Waals surface area contributed by atoms with Gasteiger partial charge in [0.25, 0.3) is 0 Å². The molecule has 0 bridgehead atoms. The van der Waals surface area contributed by atoms with Gasteiger partial charge in [-0.1, -0.05) is 6.92 Å². The summed E-state index contributed by atoms with van der Waals surface area (Å²) in [5.74, 6) is 6.61. The first-order chi connectivity index (χ1) is 9.80. The first kappa shape index (κ1) is 13.9. The number of rotatable bonds is 4. The van der Waals surface area contributed by atoms with Crippen LogP contribution in [0.3, 0.4) is 0 Å². The largest absolute Gasteiger partial charge is 0.374 e. The van der Waals surface area contributed by atoms with Crippen LogP contribution in [0.15, 0.2) is 0 Å². The van der Waals surface area contributed by atoms with E-state index in [1.165, 1.54) is 43.6 Å². The van der Waals surface area contributed by atoms with Gasteiger partial charge in [-0.3, -0.25) is 0 Å². The molecule has 20 heavy (non-hydrogen) atoms. The molecule has 1 spiro atoms. The second-order valence-corrected chi connectivity index (χ2v) is 8.76. The molecule has 2 aliphatic carbocycles. The lowest BCUT2D eigenvalue weighted by Crippen LogP contribution is -2.49. The topological polar surface area (TPSA) is 21.3 Å². The van der Waals surface area contributed by atoms with Gasteiger partial charge in [-0.25, -0.2) is 0 Å². The van der Waals surface area contributed by atoms with E-state index in [9.17, 15) is 0 Å². The Hall–Kier alpha value is 0.270. The molecule has 0 aromatic heterocycles. The zero-order chi connectivity index (χ0) is 13.6. The van der Waals surface area contributed by atoms with Crippen LogP contribution in [0, 0.1) is 23.7 Å². The lowest BCUT2D eigenvalue weighted by atomic mass is 9.76. The van der Waals surface area contributed by atoms with Crippen molar-refractivity contribution < 1.29 is 4.74 Å². The van der Waals surface area contributed by atoms with Gasteiger partial charge in [0.15, 0.2) is 0 Å². The summed E-state index contributed by atoms with van der Waals surface area (Å²) in [4.78, 5) is 0. The first-order valence-corrected chi connectivity index (χ1v) is 9.90. The van der Waals surface area contributed by atoms with Crippen LogP contribution in [-0.2, 0) is 4.74 Å². The third kappa shape index (κ3) is 2.55. The van der Waals surface area contributed by atoms with Gasteiger partial charge in [-0.15, -0.1) is 0 Å². The monoisotopic (exact) mass is 295 g/mol. The van der Waals surface area contributed by atoms with E-state index in [0.717, 1.165) is 42.9 Å². The summed E-state index contributed by atoms with van der Waals surface area (Å²) >= 11 is 2.10. The Morgan fingerprint density at radius 3 is 2.80 bits per heavy atom. The normalized spacial score (nSPS) is 48.5. The van der Waals surface area contributed by atoms with Gasteiger partial charge in [0.2, 0.25) is 0 Å². The first-order valence-electron chi connectivity index (χ1n) is 8.75. The molecule has 5 atom stereocenters. The summed E-state index contributed by atoms with van der Waals surface area (Å²) in [7, 11) is 0. The van der Waals surface area contributed by atoms with Crippen molar-refractivity contribution >= 4 is 11.8 Å². The molecule has 4 fully saturated rings. The zero-order valence-electron chi connectivity index (χ0n) is 12.8. The van der Waals surface area contributed by atoms with E-state index in [4.69, 9.17) is 4.74 Å². The van der Waals surface area contributed by atoms with Crippen LogP contribution in [0.1, 0.15) is 45.4 Å². The molecule has 114 valence electrons. The second-order valence-electron chi connectivity index (χ2n) is 7.66. The minimum absolute atomic E-state index is 0.253. The SMILES string of the molecule is CCNC(C1CC2CC2C1)C1CCOC2(CCSC2)C1. The Morgan fingerprint density at radius 1 is 1.25 bits per heavy atom. The standard InChI is InChI=1S/C17H29NOS/c1-2-18-16(15-8-13-7-14(13)9-15)12-3-5-19-17(10-12)4-6-20-11-17/h12-16,18H,2-11H2,1H3. The van der Waals surface area contributed by atoms with Gasteiger partial charge in [-0.2, -0.15) is 11.8 Å². The molecule has 2 saturated carbocycles. The van der Waals surface area contributed by atoms with Crippen molar-refractivity contribution in [3.05, 3.63) is 0 Å². The fraction of sp³-hybridized carbons (Fsp3) is 1.00. The molecule has 4 rings (SSSR count). The van der Waals surface area contributed by atoms with Crippen molar-refractivity contribution in [1.82, 2.24) is 5.32 Å². The molecule has 1 N–H and O–H groups in total. The fourth-order valence-corrected chi connectivity index (χ4v) is 6.62. The molecule has 0 aromatic carbocycles. The van der Waals surface area contributed by atoms with Gasteiger partial charge in [0, 0.05) is 18.4 Å². The van der Waals surface area contributed by atoms with Crippen LogP contribution in [0.5, 0.6) is 0 Å². The number of ether oxygens (including phenoxy) is 1. The van der Waals surface area contributed by atoms with E-state index in [1.54, 1.807) is 6.42 Å². The van der Waals surface area contributed by atoms with E-state index in [1.807, 2.05) is 0 Å². The zero-order valence-corrected chi connectivity index (χ0v) is 13.6. The molecule has 0 amide bonds. The lowest BCUT2D eigenvalue weighted by molar-refractivity contribution is -0.0884. The van der Waals surface area contributed by atoms with E-state index < -0.39 is 0 Å². The summed E-state index contributed by atoms with van der Waals surface area (Å²) in [6, 6.07) is 0.777. The van der Waals surface area contributed by atoms with Crippen molar-refractivity contribution in [2.45, 2.75) is 57.1 Å². The molecule has 4 aliphatic rings. The van der Waals surface area contributed by atoms with E-state index >= 15 is 0 Å². The Labute approximate surface area is 127 Å². The highest BCUT2D eigenvalue weighted by molar-refractivity contribution is 7.99. The average Bonchev–Trinajstić information content (AvgIpc) is 2.86. The quantitative estimate of drug-likeness (QED) is 0.860. The third-order valence-corrected chi connectivity index (χ3v) is 7.56. The highest BCUT2D eigenvalue weighted by Gasteiger charge is 2.50. The van der Waals surface area contributed by atoms with E-state index in [2.05, 4.69) is 24.0 Å². The Balaban J connectivity index is 1.44.